The Balaban J connectivity index is 1.95. The summed E-state index contributed by atoms with van der Waals surface area (Å²) in [6.45, 7) is 0. The van der Waals surface area contributed by atoms with Crippen molar-refractivity contribution in [2.24, 2.45) is 17.6 Å². The van der Waals surface area contributed by atoms with Crippen LogP contribution in [-0.4, -0.2) is 6.04 Å². The first-order valence-electron chi connectivity index (χ1n) is 5.62. The van der Waals surface area contributed by atoms with Crippen LogP contribution in [0.2, 0.25) is 0 Å². The van der Waals surface area contributed by atoms with Gasteiger partial charge in [0, 0.05) is 6.04 Å². The van der Waals surface area contributed by atoms with Crippen molar-refractivity contribution >= 4 is 0 Å². The summed E-state index contributed by atoms with van der Waals surface area (Å²) in [5, 5.41) is 0. The normalized spacial score (nSPS) is 43.2. The lowest BCUT2D eigenvalue weighted by atomic mass is 9.94. The molecule has 2 rings (SSSR count). The van der Waals surface area contributed by atoms with Crippen molar-refractivity contribution in [3.8, 4) is 0 Å². The van der Waals surface area contributed by atoms with Crippen molar-refractivity contribution in [1.82, 2.24) is 0 Å². The molecule has 12 heavy (non-hydrogen) atoms. The minimum absolute atomic E-state index is 0.535. The number of hydrogen-bond donors (Lipinski definition) is 1. The van der Waals surface area contributed by atoms with Gasteiger partial charge in [0.25, 0.3) is 0 Å². The first kappa shape index (κ1) is 8.55. The van der Waals surface area contributed by atoms with Gasteiger partial charge in [-0.05, 0) is 31.1 Å². The highest BCUT2D eigenvalue weighted by Crippen LogP contribution is 2.37. The third-order valence-corrected chi connectivity index (χ3v) is 3.84. The predicted octanol–water partition coefficient (Wildman–Crippen LogP) is 2.69. The van der Waals surface area contributed by atoms with Gasteiger partial charge in [0.05, 0.1) is 0 Å². The first-order valence-corrected chi connectivity index (χ1v) is 5.62. The highest BCUT2D eigenvalue weighted by atomic mass is 14.7. The molecule has 0 radical (unpaired) electrons. The Morgan fingerprint density at radius 3 is 2.58 bits per heavy atom. The van der Waals surface area contributed by atoms with Gasteiger partial charge in [0.2, 0.25) is 0 Å². The molecule has 0 aromatic carbocycles. The molecule has 0 aliphatic heterocycles. The van der Waals surface area contributed by atoms with Crippen molar-refractivity contribution in [3.05, 3.63) is 0 Å². The van der Waals surface area contributed by atoms with E-state index in [1.54, 1.807) is 0 Å². The fourth-order valence-electron chi connectivity index (χ4n) is 2.99. The average molecular weight is 167 g/mol. The summed E-state index contributed by atoms with van der Waals surface area (Å²) in [5.74, 6) is 1.92. The molecule has 2 aliphatic carbocycles. The van der Waals surface area contributed by atoms with Crippen LogP contribution in [0.5, 0.6) is 0 Å². The highest BCUT2D eigenvalue weighted by Gasteiger charge is 2.29. The summed E-state index contributed by atoms with van der Waals surface area (Å²) in [4.78, 5) is 0. The molecule has 0 spiro atoms. The lowest BCUT2D eigenvalue weighted by Crippen LogP contribution is -2.28. The molecule has 0 aromatic rings. The molecule has 1 heteroatoms. The van der Waals surface area contributed by atoms with Gasteiger partial charge in [-0.1, -0.05) is 32.1 Å². The summed E-state index contributed by atoms with van der Waals surface area (Å²) in [5.41, 5.74) is 6.16. The molecule has 2 aliphatic rings. The number of fused-ring (bicyclic) bond motifs is 2. The van der Waals surface area contributed by atoms with Gasteiger partial charge >= 0.3 is 0 Å². The lowest BCUT2D eigenvalue weighted by Gasteiger charge is -2.17. The summed E-state index contributed by atoms with van der Waals surface area (Å²) in [6.07, 6.45) is 11.4. The largest absolute Gasteiger partial charge is 0.327 e. The first-order chi connectivity index (χ1) is 5.86. The van der Waals surface area contributed by atoms with E-state index in [2.05, 4.69) is 0 Å². The van der Waals surface area contributed by atoms with E-state index in [1.165, 1.54) is 51.4 Å². The van der Waals surface area contributed by atoms with E-state index in [0.717, 1.165) is 11.8 Å². The Bertz CT molecular complexity index is 144. The smallest absolute Gasteiger partial charge is 0.00672 e. The molecule has 2 bridgehead atoms. The van der Waals surface area contributed by atoms with E-state index in [0.29, 0.717) is 6.04 Å². The average Bonchev–Trinajstić information content (AvgIpc) is 2.53. The third-order valence-electron chi connectivity index (χ3n) is 3.84. The van der Waals surface area contributed by atoms with Gasteiger partial charge in [-0.25, -0.2) is 0 Å². The summed E-state index contributed by atoms with van der Waals surface area (Å²) in [6, 6.07) is 0.535. The van der Waals surface area contributed by atoms with Crippen LogP contribution in [0.15, 0.2) is 0 Å². The Morgan fingerprint density at radius 1 is 0.833 bits per heavy atom. The minimum Gasteiger partial charge on any atom is -0.327 e. The summed E-state index contributed by atoms with van der Waals surface area (Å²) in [7, 11) is 0. The summed E-state index contributed by atoms with van der Waals surface area (Å²) >= 11 is 0. The predicted molar refractivity (Wildman–Crippen MR) is 51.9 cm³/mol. The second-order valence-corrected chi connectivity index (χ2v) is 4.74. The second-order valence-electron chi connectivity index (χ2n) is 4.74. The zero-order valence-corrected chi connectivity index (χ0v) is 7.97. The maximum Gasteiger partial charge on any atom is 0.00672 e. The Morgan fingerprint density at radius 2 is 1.67 bits per heavy atom. The quantitative estimate of drug-likeness (QED) is 0.590. The molecule has 2 saturated carbocycles. The van der Waals surface area contributed by atoms with Crippen molar-refractivity contribution in [1.29, 1.82) is 0 Å². The SMILES string of the molecule is N[C@@H]1CCCCC[C@@H]2CC[C@H]1C2. The van der Waals surface area contributed by atoms with Crippen LogP contribution in [-0.2, 0) is 0 Å². The third kappa shape index (κ3) is 1.82. The minimum atomic E-state index is 0.535. The molecule has 70 valence electrons. The zero-order valence-electron chi connectivity index (χ0n) is 7.97. The molecule has 0 aromatic heterocycles. The maximum absolute atomic E-state index is 6.16. The van der Waals surface area contributed by atoms with Gasteiger partial charge in [0.15, 0.2) is 0 Å². The van der Waals surface area contributed by atoms with Crippen LogP contribution in [0.1, 0.15) is 51.4 Å². The summed E-state index contributed by atoms with van der Waals surface area (Å²) < 4.78 is 0. The van der Waals surface area contributed by atoms with Gasteiger partial charge in [-0.2, -0.15) is 0 Å². The van der Waals surface area contributed by atoms with Crippen molar-refractivity contribution in [3.63, 3.8) is 0 Å². The van der Waals surface area contributed by atoms with Gasteiger partial charge in [0.1, 0.15) is 0 Å². The van der Waals surface area contributed by atoms with Gasteiger partial charge < -0.3 is 5.73 Å². The van der Waals surface area contributed by atoms with Crippen LogP contribution in [0.4, 0.5) is 0 Å². The van der Waals surface area contributed by atoms with E-state index in [-0.39, 0.29) is 0 Å². The second kappa shape index (κ2) is 3.78. The molecular formula is C11H21N. The molecule has 2 N–H and O–H groups in total. The Kier molecular flexibility index (Phi) is 2.69. The molecule has 2 fully saturated rings. The van der Waals surface area contributed by atoms with E-state index in [1.807, 2.05) is 0 Å². The van der Waals surface area contributed by atoms with Crippen LogP contribution in [0.3, 0.4) is 0 Å². The van der Waals surface area contributed by atoms with Gasteiger partial charge in [-0.3, -0.25) is 0 Å². The molecule has 1 nitrogen and oxygen atoms in total. The van der Waals surface area contributed by atoms with Crippen LogP contribution in [0, 0.1) is 11.8 Å². The van der Waals surface area contributed by atoms with Crippen molar-refractivity contribution in [2.75, 3.05) is 0 Å². The molecular weight excluding hydrogens is 146 g/mol. The van der Waals surface area contributed by atoms with E-state index in [9.17, 15) is 0 Å². The van der Waals surface area contributed by atoms with Crippen LogP contribution >= 0.6 is 0 Å². The van der Waals surface area contributed by atoms with E-state index >= 15 is 0 Å². The molecule has 0 unspecified atom stereocenters. The maximum atomic E-state index is 6.16. The lowest BCUT2D eigenvalue weighted by molar-refractivity contribution is 0.395. The molecule has 0 amide bonds. The van der Waals surface area contributed by atoms with Gasteiger partial charge in [-0.15, -0.1) is 0 Å². The topological polar surface area (TPSA) is 26.0 Å². The molecule has 0 saturated heterocycles. The van der Waals surface area contributed by atoms with E-state index < -0.39 is 0 Å². The zero-order chi connectivity index (χ0) is 8.39. The monoisotopic (exact) mass is 167 g/mol. The van der Waals surface area contributed by atoms with Crippen LogP contribution < -0.4 is 5.73 Å². The molecule has 3 atom stereocenters. The standard InChI is InChI=1S/C11H21N/c12-11-5-3-1-2-4-9-6-7-10(11)8-9/h9-11H,1-8,12H2/t9-,10+,11-/m1/s1. The fourth-order valence-corrected chi connectivity index (χ4v) is 2.99. The number of rotatable bonds is 0. The highest BCUT2D eigenvalue weighted by molar-refractivity contribution is 4.83. The Hall–Kier alpha value is -0.0400. The van der Waals surface area contributed by atoms with Crippen molar-refractivity contribution < 1.29 is 0 Å². The van der Waals surface area contributed by atoms with E-state index in [4.69, 9.17) is 5.73 Å². The number of hydrogen-bond acceptors (Lipinski definition) is 1. The Labute approximate surface area is 75.7 Å². The fraction of sp³-hybridized carbons (Fsp3) is 1.00. The van der Waals surface area contributed by atoms with Crippen LogP contribution in [0.25, 0.3) is 0 Å². The van der Waals surface area contributed by atoms with Crippen molar-refractivity contribution in [2.45, 2.75) is 57.4 Å². The molecule has 0 heterocycles. The number of nitrogens with two attached hydrogens (primary N) is 1.